The second-order valence-corrected chi connectivity index (χ2v) is 2.00. The Morgan fingerprint density at radius 3 is 2.82 bits per heavy atom. The number of aromatic amines is 1. The van der Waals surface area contributed by atoms with Gasteiger partial charge in [-0.2, -0.15) is 9.77 Å². The summed E-state index contributed by atoms with van der Waals surface area (Å²) >= 11 is 0. The molecule has 6 nitrogen and oxygen atoms in total. The Hall–Kier alpha value is -1.59. The van der Waals surface area contributed by atoms with Crippen molar-refractivity contribution in [3.8, 4) is 0 Å². The van der Waals surface area contributed by atoms with E-state index in [0.717, 1.165) is 0 Å². The van der Waals surface area contributed by atoms with Crippen LogP contribution in [-0.4, -0.2) is 14.9 Å². The topological polar surface area (TPSA) is 93.8 Å². The molecule has 1 rings (SSSR count). The minimum absolute atomic E-state index is 0.257. The van der Waals surface area contributed by atoms with Crippen molar-refractivity contribution in [1.82, 2.24) is 14.9 Å². The molecule has 1 heterocycles. The third kappa shape index (κ3) is 1.14. The van der Waals surface area contributed by atoms with E-state index in [1.165, 1.54) is 0 Å². The summed E-state index contributed by atoms with van der Waals surface area (Å²) in [7, 11) is 0. The number of H-pyrrole nitrogens is 1. The molecule has 60 valence electrons. The van der Waals surface area contributed by atoms with Crippen LogP contribution in [0.3, 0.4) is 0 Å². The van der Waals surface area contributed by atoms with Crippen molar-refractivity contribution in [3.05, 3.63) is 26.5 Å². The zero-order valence-corrected chi connectivity index (χ0v) is 6.00. The van der Waals surface area contributed by atoms with Crippen molar-refractivity contribution in [3.63, 3.8) is 0 Å². The number of nitrogens with two attached hydrogens (primary N) is 1. The number of aryl methyl sites for hydroxylation is 1. The molecule has 0 saturated heterocycles. The minimum Gasteiger partial charge on any atom is -0.332 e. The predicted molar refractivity (Wildman–Crippen MR) is 38.6 cm³/mol. The largest absolute Gasteiger partial charge is 0.363 e. The molecule has 0 aliphatic carbocycles. The first-order valence-electron chi connectivity index (χ1n) is 3.12. The molecule has 0 fully saturated rings. The Morgan fingerprint density at radius 1 is 1.64 bits per heavy atom. The number of aromatic nitrogens is 3. The van der Waals surface area contributed by atoms with Gasteiger partial charge in [0, 0.05) is 0 Å². The summed E-state index contributed by atoms with van der Waals surface area (Å²) in [6.07, 6.45) is 0.451. The summed E-state index contributed by atoms with van der Waals surface area (Å²) in [6, 6.07) is 0. The van der Waals surface area contributed by atoms with Crippen LogP contribution in [0.5, 0.6) is 0 Å². The van der Waals surface area contributed by atoms with E-state index in [0.29, 0.717) is 11.1 Å². The molecule has 0 radical (unpaired) electrons. The second kappa shape index (κ2) is 2.57. The zero-order chi connectivity index (χ0) is 8.43. The van der Waals surface area contributed by atoms with Crippen molar-refractivity contribution in [2.75, 3.05) is 5.84 Å². The maximum absolute atomic E-state index is 11.0. The van der Waals surface area contributed by atoms with Crippen LogP contribution in [0.4, 0.5) is 0 Å². The molecule has 0 saturated carbocycles. The number of rotatable bonds is 1. The summed E-state index contributed by atoms with van der Waals surface area (Å²) in [4.78, 5) is 21.6. The number of nitrogens with zero attached hydrogens (tertiary/aromatic N) is 2. The summed E-state index contributed by atoms with van der Waals surface area (Å²) in [6.45, 7) is 1.75. The maximum Gasteiger partial charge on any atom is 0.363 e. The molecule has 0 amide bonds. The van der Waals surface area contributed by atoms with Gasteiger partial charge in [0.15, 0.2) is 0 Å². The van der Waals surface area contributed by atoms with Crippen molar-refractivity contribution in [2.24, 2.45) is 0 Å². The first-order chi connectivity index (χ1) is 5.16. The Morgan fingerprint density at radius 2 is 2.27 bits per heavy atom. The van der Waals surface area contributed by atoms with Crippen molar-refractivity contribution in [2.45, 2.75) is 13.3 Å². The Balaban J connectivity index is 3.50. The molecule has 11 heavy (non-hydrogen) atoms. The molecule has 0 unspecified atom stereocenters. The van der Waals surface area contributed by atoms with Crippen molar-refractivity contribution >= 4 is 0 Å². The number of hydrogen-bond acceptors (Lipinski definition) is 4. The molecule has 0 aromatic carbocycles. The van der Waals surface area contributed by atoms with Gasteiger partial charge >= 0.3 is 5.69 Å². The van der Waals surface area contributed by atoms with Crippen molar-refractivity contribution < 1.29 is 0 Å². The van der Waals surface area contributed by atoms with E-state index in [9.17, 15) is 9.59 Å². The first kappa shape index (κ1) is 7.52. The third-order valence-electron chi connectivity index (χ3n) is 1.31. The maximum atomic E-state index is 11.0. The summed E-state index contributed by atoms with van der Waals surface area (Å²) in [5.74, 6) is 5.08. The van der Waals surface area contributed by atoms with Gasteiger partial charge in [-0.15, -0.1) is 0 Å². The first-order valence-corrected chi connectivity index (χ1v) is 3.12. The third-order valence-corrected chi connectivity index (χ3v) is 1.31. The van der Waals surface area contributed by atoms with Gasteiger partial charge in [0.2, 0.25) is 0 Å². The lowest BCUT2D eigenvalue weighted by atomic mass is 10.4. The van der Waals surface area contributed by atoms with Gasteiger partial charge in [-0.1, -0.05) is 6.92 Å². The molecular weight excluding hydrogens is 148 g/mol. The van der Waals surface area contributed by atoms with Gasteiger partial charge in [-0.05, 0) is 6.42 Å². The summed E-state index contributed by atoms with van der Waals surface area (Å²) in [5, 5.41) is 5.60. The van der Waals surface area contributed by atoms with Crippen LogP contribution >= 0.6 is 0 Å². The van der Waals surface area contributed by atoms with Crippen LogP contribution in [-0.2, 0) is 6.42 Å². The Labute approximate surface area is 61.6 Å². The molecule has 0 atom stereocenters. The molecule has 3 N–H and O–H groups in total. The Bertz CT molecular complexity index is 363. The molecule has 0 aliphatic heterocycles. The predicted octanol–water partition coefficient (Wildman–Crippen LogP) is -1.79. The highest BCUT2D eigenvalue weighted by Crippen LogP contribution is 1.77. The van der Waals surface area contributed by atoms with Gasteiger partial charge in [0.1, 0.15) is 5.69 Å². The van der Waals surface area contributed by atoms with E-state index >= 15 is 0 Å². The molecule has 1 aromatic heterocycles. The smallest absolute Gasteiger partial charge is 0.332 e. The van der Waals surface area contributed by atoms with E-state index < -0.39 is 11.2 Å². The summed E-state index contributed by atoms with van der Waals surface area (Å²) < 4.78 is 0.506. The number of nitrogens with one attached hydrogen (secondary N) is 1. The average Bonchev–Trinajstić information content (AvgIpc) is 2.01. The van der Waals surface area contributed by atoms with Gasteiger partial charge < -0.3 is 5.84 Å². The van der Waals surface area contributed by atoms with E-state index in [4.69, 9.17) is 5.84 Å². The van der Waals surface area contributed by atoms with Gasteiger partial charge in [0.25, 0.3) is 5.56 Å². The fourth-order valence-corrected chi connectivity index (χ4v) is 0.679. The molecule has 0 aliphatic rings. The molecule has 1 aromatic rings. The zero-order valence-electron chi connectivity index (χ0n) is 6.00. The fourth-order valence-electron chi connectivity index (χ4n) is 0.679. The molecule has 6 heteroatoms. The van der Waals surface area contributed by atoms with Crippen LogP contribution in [0.1, 0.15) is 12.6 Å². The number of nitrogen functional groups attached to an aromatic ring is 1. The lowest BCUT2D eigenvalue weighted by Crippen LogP contribution is -2.43. The second-order valence-electron chi connectivity index (χ2n) is 2.00. The van der Waals surface area contributed by atoms with Gasteiger partial charge in [-0.25, -0.2) is 9.89 Å². The number of hydrogen-bond donors (Lipinski definition) is 2. The highest BCUT2D eigenvalue weighted by Gasteiger charge is 2.02. The quantitative estimate of drug-likeness (QED) is 0.469. The van der Waals surface area contributed by atoms with Crippen LogP contribution in [0.25, 0.3) is 0 Å². The summed E-state index contributed by atoms with van der Waals surface area (Å²) in [5.41, 5.74) is -0.990. The highest BCUT2D eigenvalue weighted by atomic mass is 16.2. The van der Waals surface area contributed by atoms with Gasteiger partial charge in [-0.3, -0.25) is 4.79 Å². The normalized spacial score (nSPS) is 9.91. The highest BCUT2D eigenvalue weighted by molar-refractivity contribution is 4.92. The van der Waals surface area contributed by atoms with E-state index in [2.05, 4.69) is 10.2 Å². The minimum atomic E-state index is -0.702. The van der Waals surface area contributed by atoms with Crippen LogP contribution in [0.2, 0.25) is 0 Å². The average molecular weight is 156 g/mol. The van der Waals surface area contributed by atoms with E-state index in [1.54, 1.807) is 6.92 Å². The lowest BCUT2D eigenvalue weighted by molar-refractivity contribution is 0.728. The van der Waals surface area contributed by atoms with E-state index in [-0.39, 0.29) is 5.69 Å². The Kier molecular flexibility index (Phi) is 1.75. The van der Waals surface area contributed by atoms with Gasteiger partial charge in [0.05, 0.1) is 0 Å². The SMILES string of the molecule is CCc1n[nH]c(=O)n(N)c1=O. The molecular formula is C5H8N4O2. The van der Waals surface area contributed by atoms with Crippen LogP contribution in [0.15, 0.2) is 9.59 Å². The van der Waals surface area contributed by atoms with Crippen molar-refractivity contribution in [1.29, 1.82) is 0 Å². The van der Waals surface area contributed by atoms with Crippen LogP contribution in [0, 0.1) is 0 Å². The molecule has 0 spiro atoms. The lowest BCUT2D eigenvalue weighted by Gasteiger charge is -1.96. The van der Waals surface area contributed by atoms with Crippen LogP contribution < -0.4 is 17.1 Å². The standard InChI is InChI=1S/C5H8N4O2/c1-2-3-4(10)9(6)5(11)8-7-3/h2,6H2,1H3,(H,8,11). The fraction of sp³-hybridized carbons (Fsp3) is 0.400. The monoisotopic (exact) mass is 156 g/mol. The molecule has 0 bridgehead atoms. The van der Waals surface area contributed by atoms with E-state index in [1.807, 2.05) is 0 Å².